The zero-order valence-corrected chi connectivity index (χ0v) is 33.7. The lowest BCUT2D eigenvalue weighted by Gasteiger charge is -2.34. The van der Waals surface area contributed by atoms with Crippen molar-refractivity contribution in [2.75, 3.05) is 0 Å². The molecular weight excluding hydrogens is 753 g/mol. The third kappa shape index (κ3) is 5.74. The Morgan fingerprint density at radius 1 is 0.323 bits per heavy atom. The lowest BCUT2D eigenvalue weighted by molar-refractivity contribution is 0.669. The summed E-state index contributed by atoms with van der Waals surface area (Å²) >= 11 is 0. The molecule has 0 atom stereocenters. The standard InChI is InChI=1S/C59H38N2O/c1-4-16-41(17-5-1)58-60-53(38-54(61-58)44-19-14-18-43(36-44)47-26-15-29-56-57(47)50-25-11-13-28-55(50)62-56)40-32-30-39(31-33-40)42-34-35-49-48-24-10-12-27-51(48)59(52(49)37-42,45-20-6-2-7-21-45)46-22-8-3-9-23-46/h1-38H. The zero-order chi connectivity index (χ0) is 41.0. The Balaban J connectivity index is 0.959. The molecule has 0 aliphatic heterocycles. The number of nitrogens with zero attached hydrogens (tertiary/aromatic N) is 2. The molecule has 11 aromatic rings. The second kappa shape index (κ2) is 14.5. The maximum atomic E-state index is 6.25. The van der Waals surface area contributed by atoms with E-state index in [1.54, 1.807) is 0 Å². The van der Waals surface area contributed by atoms with E-state index in [0.717, 1.165) is 66.7 Å². The first-order valence-electron chi connectivity index (χ1n) is 21.1. The van der Waals surface area contributed by atoms with Gasteiger partial charge in [0, 0.05) is 27.5 Å². The van der Waals surface area contributed by atoms with Crippen LogP contribution in [0.4, 0.5) is 0 Å². The van der Waals surface area contributed by atoms with E-state index in [1.807, 2.05) is 36.4 Å². The van der Waals surface area contributed by atoms with Crippen LogP contribution in [0.5, 0.6) is 0 Å². The van der Waals surface area contributed by atoms with Crippen LogP contribution in [0.2, 0.25) is 0 Å². The van der Waals surface area contributed by atoms with E-state index < -0.39 is 5.41 Å². The maximum Gasteiger partial charge on any atom is 0.160 e. The van der Waals surface area contributed by atoms with Crippen LogP contribution in [0.3, 0.4) is 0 Å². The van der Waals surface area contributed by atoms with E-state index in [-0.39, 0.29) is 0 Å². The zero-order valence-electron chi connectivity index (χ0n) is 33.7. The monoisotopic (exact) mass is 790 g/mol. The number of para-hydroxylation sites is 1. The number of fused-ring (bicyclic) bond motifs is 6. The molecule has 12 rings (SSSR count). The summed E-state index contributed by atoms with van der Waals surface area (Å²) in [6.45, 7) is 0. The SMILES string of the molecule is c1ccc(-c2nc(-c3ccc(-c4ccc5c(c4)C(c4ccccc4)(c4ccccc4)c4ccccc4-5)cc3)cc(-c3cccc(-c4cccc5oc6ccccc6c45)c3)n2)cc1. The van der Waals surface area contributed by atoms with Crippen molar-refractivity contribution in [3.63, 3.8) is 0 Å². The van der Waals surface area contributed by atoms with Gasteiger partial charge in [-0.05, 0) is 86.0 Å². The Kier molecular flexibility index (Phi) is 8.39. The number of furan rings is 1. The first kappa shape index (κ1) is 35.8. The number of hydrogen-bond donors (Lipinski definition) is 0. The van der Waals surface area contributed by atoms with Crippen molar-refractivity contribution >= 4 is 21.9 Å². The maximum absolute atomic E-state index is 6.25. The van der Waals surface area contributed by atoms with Gasteiger partial charge < -0.3 is 4.42 Å². The second-order valence-corrected chi connectivity index (χ2v) is 16.1. The topological polar surface area (TPSA) is 38.9 Å². The van der Waals surface area contributed by atoms with Gasteiger partial charge in [0.05, 0.1) is 16.8 Å². The molecule has 3 nitrogen and oxygen atoms in total. The van der Waals surface area contributed by atoms with Gasteiger partial charge in [0.1, 0.15) is 11.2 Å². The van der Waals surface area contributed by atoms with Gasteiger partial charge in [-0.3, -0.25) is 0 Å². The summed E-state index contributed by atoms with van der Waals surface area (Å²) in [5.74, 6) is 0.687. The largest absolute Gasteiger partial charge is 0.456 e. The van der Waals surface area contributed by atoms with Crippen molar-refractivity contribution < 1.29 is 4.42 Å². The molecule has 2 heterocycles. The smallest absolute Gasteiger partial charge is 0.160 e. The van der Waals surface area contributed by atoms with Gasteiger partial charge in [0.15, 0.2) is 5.82 Å². The molecule has 1 aliphatic carbocycles. The fraction of sp³-hybridized carbons (Fsp3) is 0.0169. The Hall–Kier alpha value is -8.14. The predicted molar refractivity (Wildman–Crippen MR) is 254 cm³/mol. The third-order valence-electron chi connectivity index (χ3n) is 12.6. The quantitative estimate of drug-likeness (QED) is 0.161. The summed E-state index contributed by atoms with van der Waals surface area (Å²) in [4.78, 5) is 10.4. The highest BCUT2D eigenvalue weighted by Gasteiger charge is 2.46. The lowest BCUT2D eigenvalue weighted by Crippen LogP contribution is -2.28. The first-order valence-corrected chi connectivity index (χ1v) is 21.1. The van der Waals surface area contributed by atoms with Crippen molar-refractivity contribution in [3.8, 4) is 67.3 Å². The molecular formula is C59H38N2O. The van der Waals surface area contributed by atoms with Crippen molar-refractivity contribution in [2.45, 2.75) is 5.41 Å². The molecule has 62 heavy (non-hydrogen) atoms. The van der Waals surface area contributed by atoms with Crippen LogP contribution in [0, 0.1) is 0 Å². The van der Waals surface area contributed by atoms with E-state index in [4.69, 9.17) is 14.4 Å². The fourth-order valence-electron chi connectivity index (χ4n) is 9.78. The number of hydrogen-bond acceptors (Lipinski definition) is 3. The van der Waals surface area contributed by atoms with E-state index in [9.17, 15) is 0 Å². The van der Waals surface area contributed by atoms with Crippen LogP contribution in [0.25, 0.3) is 89.2 Å². The van der Waals surface area contributed by atoms with Gasteiger partial charge >= 0.3 is 0 Å². The summed E-state index contributed by atoms with van der Waals surface area (Å²) in [5, 5.41) is 2.23. The van der Waals surface area contributed by atoms with Gasteiger partial charge in [-0.25, -0.2) is 9.97 Å². The highest BCUT2D eigenvalue weighted by molar-refractivity contribution is 6.12. The Morgan fingerprint density at radius 3 is 1.65 bits per heavy atom. The summed E-state index contributed by atoms with van der Waals surface area (Å²) in [5.41, 5.74) is 18.3. The van der Waals surface area contributed by atoms with Crippen molar-refractivity contribution in [1.29, 1.82) is 0 Å². The molecule has 0 saturated heterocycles. The molecule has 0 spiro atoms. The van der Waals surface area contributed by atoms with Crippen LogP contribution in [0.15, 0.2) is 235 Å². The lowest BCUT2D eigenvalue weighted by atomic mass is 9.67. The summed E-state index contributed by atoms with van der Waals surface area (Å²) in [6.07, 6.45) is 0. The van der Waals surface area contributed by atoms with Crippen LogP contribution >= 0.6 is 0 Å². The highest BCUT2D eigenvalue weighted by atomic mass is 16.3. The molecule has 1 aliphatic rings. The van der Waals surface area contributed by atoms with Crippen LogP contribution in [-0.4, -0.2) is 9.97 Å². The van der Waals surface area contributed by atoms with Crippen molar-refractivity contribution in [3.05, 3.63) is 253 Å². The summed E-state index contributed by atoms with van der Waals surface area (Å²) < 4.78 is 6.25. The van der Waals surface area contributed by atoms with Crippen LogP contribution in [-0.2, 0) is 5.41 Å². The van der Waals surface area contributed by atoms with E-state index in [2.05, 4.69) is 194 Å². The molecule has 0 saturated carbocycles. The average molecular weight is 791 g/mol. The minimum Gasteiger partial charge on any atom is -0.456 e. The molecule has 0 unspecified atom stereocenters. The van der Waals surface area contributed by atoms with Crippen molar-refractivity contribution in [2.24, 2.45) is 0 Å². The normalized spacial score (nSPS) is 12.6. The minimum atomic E-state index is -0.453. The van der Waals surface area contributed by atoms with Gasteiger partial charge in [0.25, 0.3) is 0 Å². The van der Waals surface area contributed by atoms with Gasteiger partial charge in [-0.2, -0.15) is 0 Å². The van der Waals surface area contributed by atoms with Crippen LogP contribution < -0.4 is 0 Å². The van der Waals surface area contributed by atoms with Gasteiger partial charge in [0.2, 0.25) is 0 Å². The van der Waals surface area contributed by atoms with Gasteiger partial charge in [-0.15, -0.1) is 0 Å². The molecule has 0 fully saturated rings. The summed E-state index contributed by atoms with van der Waals surface area (Å²) in [7, 11) is 0. The molecule has 0 N–H and O–H groups in total. The second-order valence-electron chi connectivity index (χ2n) is 16.1. The Labute approximate surface area is 360 Å². The van der Waals surface area contributed by atoms with Crippen LogP contribution in [0.1, 0.15) is 22.3 Å². The van der Waals surface area contributed by atoms with Gasteiger partial charge in [-0.1, -0.05) is 200 Å². The average Bonchev–Trinajstić information content (AvgIpc) is 3.89. The molecule has 3 heteroatoms. The van der Waals surface area contributed by atoms with E-state index >= 15 is 0 Å². The third-order valence-corrected chi connectivity index (χ3v) is 12.6. The Morgan fingerprint density at radius 2 is 0.871 bits per heavy atom. The number of aromatic nitrogens is 2. The molecule has 2 aromatic heterocycles. The number of benzene rings is 9. The molecule has 9 aromatic carbocycles. The summed E-state index contributed by atoms with van der Waals surface area (Å²) in [6, 6.07) is 82.3. The predicted octanol–water partition coefficient (Wildman–Crippen LogP) is 15.1. The molecule has 290 valence electrons. The first-order chi connectivity index (χ1) is 30.7. The molecule has 0 bridgehead atoms. The number of rotatable bonds is 7. The molecule has 0 amide bonds. The minimum absolute atomic E-state index is 0.453. The van der Waals surface area contributed by atoms with E-state index in [0.29, 0.717) is 5.82 Å². The fourth-order valence-corrected chi connectivity index (χ4v) is 9.78. The van der Waals surface area contributed by atoms with Crippen molar-refractivity contribution in [1.82, 2.24) is 9.97 Å². The van der Waals surface area contributed by atoms with E-state index in [1.165, 1.54) is 38.9 Å². The highest BCUT2D eigenvalue weighted by Crippen LogP contribution is 2.56. The Bertz CT molecular complexity index is 3400. The molecule has 0 radical (unpaired) electrons.